The van der Waals surface area contributed by atoms with Crippen molar-refractivity contribution in [2.75, 3.05) is 13.2 Å². The summed E-state index contributed by atoms with van der Waals surface area (Å²) >= 11 is 0. The van der Waals surface area contributed by atoms with Gasteiger partial charge in [-0.2, -0.15) is 0 Å². The maximum absolute atomic E-state index is 13.8. The van der Waals surface area contributed by atoms with Crippen LogP contribution < -0.4 is 0 Å². The molecule has 1 aliphatic rings. The number of carbonyl (C=O) groups excluding carboxylic acids is 1. The van der Waals surface area contributed by atoms with E-state index in [4.69, 9.17) is 4.42 Å². The molecule has 6 heteroatoms. The second kappa shape index (κ2) is 7.78. The van der Waals surface area contributed by atoms with E-state index in [0.29, 0.717) is 36.6 Å². The predicted octanol–water partition coefficient (Wildman–Crippen LogP) is 3.03. The fourth-order valence-electron chi connectivity index (χ4n) is 3.25. The van der Waals surface area contributed by atoms with Gasteiger partial charge in [0.15, 0.2) is 11.7 Å². The van der Waals surface area contributed by atoms with Crippen LogP contribution in [-0.2, 0) is 11.2 Å². The molecule has 2 aromatic rings. The van der Waals surface area contributed by atoms with Crippen LogP contribution in [0.3, 0.4) is 0 Å². The third kappa shape index (κ3) is 4.07. The van der Waals surface area contributed by atoms with E-state index in [0.717, 1.165) is 12.8 Å². The Bertz CT molecular complexity index is 731. The van der Waals surface area contributed by atoms with E-state index in [9.17, 15) is 14.3 Å². The Morgan fingerprint density at radius 1 is 1.40 bits per heavy atom. The number of likely N-dealkylation sites (tertiary alicyclic amines) is 1. The van der Waals surface area contributed by atoms with Gasteiger partial charge in [0, 0.05) is 32.0 Å². The van der Waals surface area contributed by atoms with Crippen LogP contribution in [0.2, 0.25) is 0 Å². The van der Waals surface area contributed by atoms with Gasteiger partial charge in [-0.05, 0) is 37.8 Å². The molecule has 1 fully saturated rings. The van der Waals surface area contributed by atoms with Crippen LogP contribution in [-0.4, -0.2) is 40.1 Å². The van der Waals surface area contributed by atoms with E-state index < -0.39 is 0 Å². The van der Waals surface area contributed by atoms with Crippen LogP contribution in [0.4, 0.5) is 4.39 Å². The number of oxazole rings is 1. The molecule has 2 heterocycles. The summed E-state index contributed by atoms with van der Waals surface area (Å²) in [6, 6.07) is 6.55. The van der Waals surface area contributed by atoms with Gasteiger partial charge in [-0.25, -0.2) is 9.37 Å². The van der Waals surface area contributed by atoms with Crippen molar-refractivity contribution < 1.29 is 18.7 Å². The smallest absolute Gasteiger partial charge is 0.223 e. The maximum atomic E-state index is 13.8. The number of nitrogens with zero attached hydrogens (tertiary/aromatic N) is 2. The van der Waals surface area contributed by atoms with Crippen molar-refractivity contribution in [2.45, 2.75) is 38.6 Å². The first-order chi connectivity index (χ1) is 12.1. The number of rotatable bonds is 5. The largest absolute Gasteiger partial charge is 0.441 e. The van der Waals surface area contributed by atoms with Gasteiger partial charge in [0.25, 0.3) is 0 Å². The predicted molar refractivity (Wildman–Crippen MR) is 91.2 cm³/mol. The number of aliphatic hydroxyl groups excluding tert-OH is 1. The molecular formula is C19H23FN2O3. The molecule has 1 aromatic carbocycles. The van der Waals surface area contributed by atoms with Crippen LogP contribution in [0, 0.1) is 11.7 Å². The number of hydrogen-bond acceptors (Lipinski definition) is 4. The average molecular weight is 346 g/mol. The summed E-state index contributed by atoms with van der Waals surface area (Å²) in [5.74, 6) is 0.631. The summed E-state index contributed by atoms with van der Waals surface area (Å²) < 4.78 is 19.4. The topological polar surface area (TPSA) is 66.6 Å². The van der Waals surface area contributed by atoms with Crippen molar-refractivity contribution in [3.8, 4) is 11.3 Å². The lowest BCUT2D eigenvalue weighted by molar-refractivity contribution is -0.136. The number of piperidine rings is 1. The molecule has 25 heavy (non-hydrogen) atoms. The van der Waals surface area contributed by atoms with Gasteiger partial charge < -0.3 is 14.4 Å². The van der Waals surface area contributed by atoms with E-state index in [1.54, 1.807) is 18.2 Å². The highest BCUT2D eigenvalue weighted by Gasteiger charge is 2.28. The Labute approximate surface area is 146 Å². The maximum Gasteiger partial charge on any atom is 0.223 e. The number of aliphatic hydroxyl groups is 1. The summed E-state index contributed by atoms with van der Waals surface area (Å²) in [4.78, 5) is 18.5. The fraction of sp³-hybridized carbons (Fsp3) is 0.474. The summed E-state index contributed by atoms with van der Waals surface area (Å²) in [6.45, 7) is 2.75. The van der Waals surface area contributed by atoms with Crippen molar-refractivity contribution in [3.63, 3.8) is 0 Å². The number of aryl methyl sites for hydroxylation is 1. The molecule has 1 aliphatic heterocycles. The van der Waals surface area contributed by atoms with Gasteiger partial charge in [0.05, 0.1) is 11.8 Å². The van der Waals surface area contributed by atoms with E-state index in [1.165, 1.54) is 12.3 Å². The molecule has 1 amide bonds. The first-order valence-electron chi connectivity index (χ1n) is 8.68. The molecule has 0 aliphatic carbocycles. The molecule has 1 saturated heterocycles. The third-order valence-electron chi connectivity index (χ3n) is 4.80. The molecule has 2 unspecified atom stereocenters. The Balaban J connectivity index is 1.60. The van der Waals surface area contributed by atoms with Gasteiger partial charge in [-0.15, -0.1) is 0 Å². The Morgan fingerprint density at radius 2 is 2.20 bits per heavy atom. The fourth-order valence-corrected chi connectivity index (χ4v) is 3.25. The first-order valence-corrected chi connectivity index (χ1v) is 8.68. The Kier molecular flexibility index (Phi) is 5.48. The average Bonchev–Trinajstić information content (AvgIpc) is 3.09. The van der Waals surface area contributed by atoms with Gasteiger partial charge in [0.2, 0.25) is 5.91 Å². The van der Waals surface area contributed by atoms with Crippen LogP contribution in [0.1, 0.15) is 32.1 Å². The molecule has 3 rings (SSSR count). The van der Waals surface area contributed by atoms with E-state index in [1.807, 2.05) is 11.8 Å². The van der Waals surface area contributed by atoms with E-state index in [2.05, 4.69) is 4.98 Å². The quantitative estimate of drug-likeness (QED) is 0.904. The van der Waals surface area contributed by atoms with Gasteiger partial charge in [-0.1, -0.05) is 12.1 Å². The number of carbonyl (C=O) groups is 1. The number of halogens is 1. The van der Waals surface area contributed by atoms with Crippen molar-refractivity contribution in [3.05, 3.63) is 42.2 Å². The summed E-state index contributed by atoms with van der Waals surface area (Å²) in [6.07, 6.45) is 4.02. The first kappa shape index (κ1) is 17.6. The lowest BCUT2D eigenvalue weighted by Crippen LogP contribution is -2.46. The Morgan fingerprint density at radius 3 is 2.96 bits per heavy atom. The number of hydrogen-bond donors (Lipinski definition) is 1. The van der Waals surface area contributed by atoms with Crippen LogP contribution in [0.25, 0.3) is 11.3 Å². The highest BCUT2D eigenvalue weighted by atomic mass is 19.1. The lowest BCUT2D eigenvalue weighted by atomic mass is 9.94. The zero-order chi connectivity index (χ0) is 17.8. The van der Waals surface area contributed by atoms with E-state index >= 15 is 0 Å². The SMILES string of the molecule is CC1CCC(CO)CN1C(=O)CCc1ncc(-c2ccccc2F)o1. The molecule has 0 radical (unpaired) electrons. The molecule has 0 saturated carbocycles. The standard InChI is InChI=1S/C19H23FN2O3/c1-13-6-7-14(12-23)11-22(13)19(24)9-8-18-21-10-17(25-18)15-4-2-3-5-16(15)20/h2-5,10,13-14,23H,6-9,11-12H2,1H3. The minimum Gasteiger partial charge on any atom is -0.441 e. The summed E-state index contributed by atoms with van der Waals surface area (Å²) in [5.41, 5.74) is 0.364. The molecule has 1 N–H and O–H groups in total. The molecule has 0 bridgehead atoms. The monoisotopic (exact) mass is 346 g/mol. The third-order valence-corrected chi connectivity index (χ3v) is 4.80. The zero-order valence-electron chi connectivity index (χ0n) is 14.3. The normalized spacial score (nSPS) is 20.7. The van der Waals surface area contributed by atoms with Crippen molar-refractivity contribution in [1.82, 2.24) is 9.88 Å². The molecule has 134 valence electrons. The van der Waals surface area contributed by atoms with E-state index in [-0.39, 0.29) is 30.3 Å². The van der Waals surface area contributed by atoms with Crippen LogP contribution >= 0.6 is 0 Å². The van der Waals surface area contributed by atoms with Gasteiger partial charge in [-0.3, -0.25) is 4.79 Å². The second-order valence-corrected chi connectivity index (χ2v) is 6.62. The second-order valence-electron chi connectivity index (χ2n) is 6.62. The molecular weight excluding hydrogens is 323 g/mol. The Hall–Kier alpha value is -2.21. The number of benzene rings is 1. The molecule has 2 atom stereocenters. The summed E-state index contributed by atoms with van der Waals surface area (Å²) in [5, 5.41) is 9.32. The number of amides is 1. The highest BCUT2D eigenvalue weighted by molar-refractivity contribution is 5.76. The van der Waals surface area contributed by atoms with Crippen molar-refractivity contribution in [2.24, 2.45) is 5.92 Å². The minimum absolute atomic E-state index is 0.0382. The lowest BCUT2D eigenvalue weighted by Gasteiger charge is -2.37. The van der Waals surface area contributed by atoms with Crippen LogP contribution in [0.15, 0.2) is 34.9 Å². The van der Waals surface area contributed by atoms with Crippen molar-refractivity contribution >= 4 is 5.91 Å². The van der Waals surface area contributed by atoms with Gasteiger partial charge >= 0.3 is 0 Å². The minimum atomic E-state index is -0.363. The molecule has 0 spiro atoms. The highest BCUT2D eigenvalue weighted by Crippen LogP contribution is 2.25. The van der Waals surface area contributed by atoms with Crippen molar-refractivity contribution in [1.29, 1.82) is 0 Å². The van der Waals surface area contributed by atoms with Gasteiger partial charge in [0.1, 0.15) is 5.82 Å². The molecule has 5 nitrogen and oxygen atoms in total. The molecule has 1 aromatic heterocycles. The zero-order valence-corrected chi connectivity index (χ0v) is 14.3. The summed E-state index contributed by atoms with van der Waals surface area (Å²) in [7, 11) is 0. The number of aromatic nitrogens is 1. The van der Waals surface area contributed by atoms with Crippen LogP contribution in [0.5, 0.6) is 0 Å².